The molecule has 2 heterocycles. The van der Waals surface area contributed by atoms with Crippen LogP contribution in [0.15, 0.2) is 55.0 Å². The summed E-state index contributed by atoms with van der Waals surface area (Å²) < 4.78 is 28.3. The van der Waals surface area contributed by atoms with E-state index < -0.39 is 17.4 Å². The van der Waals surface area contributed by atoms with Crippen LogP contribution in [-0.2, 0) is 0 Å². The molecule has 0 unspecified atom stereocenters. The van der Waals surface area contributed by atoms with Crippen molar-refractivity contribution in [2.75, 3.05) is 0 Å². The predicted octanol–water partition coefficient (Wildman–Crippen LogP) is 4.72. The number of phenolic OH excluding ortho intramolecular Hbond substituents is 1. The van der Waals surface area contributed by atoms with Gasteiger partial charge in [-0.1, -0.05) is 17.7 Å². The van der Waals surface area contributed by atoms with Crippen molar-refractivity contribution in [1.29, 1.82) is 0 Å². The molecule has 0 saturated carbocycles. The summed E-state index contributed by atoms with van der Waals surface area (Å²) >= 11 is 5.97. The van der Waals surface area contributed by atoms with Crippen LogP contribution in [0.5, 0.6) is 5.75 Å². The number of hydrogen-bond acceptors (Lipinski definition) is 3. The minimum Gasteiger partial charge on any atom is -0.505 e. The largest absolute Gasteiger partial charge is 0.505 e. The molecule has 0 radical (unpaired) electrons. The van der Waals surface area contributed by atoms with Gasteiger partial charge in [0.25, 0.3) is 0 Å². The molecule has 0 saturated heterocycles. The third kappa shape index (κ3) is 2.70. The van der Waals surface area contributed by atoms with Gasteiger partial charge < -0.3 is 5.11 Å². The zero-order valence-corrected chi connectivity index (χ0v) is 13.4. The molecule has 0 bridgehead atoms. The number of aromatic nitrogens is 3. The molecule has 2 aromatic carbocycles. The molecule has 0 fully saturated rings. The fraction of sp³-hybridized carbons (Fsp3) is 0. The molecule has 0 aliphatic heterocycles. The number of phenols is 1. The van der Waals surface area contributed by atoms with Crippen LogP contribution in [0.1, 0.15) is 0 Å². The van der Waals surface area contributed by atoms with Gasteiger partial charge in [0.05, 0.1) is 22.4 Å². The quantitative estimate of drug-likeness (QED) is 0.564. The van der Waals surface area contributed by atoms with Crippen molar-refractivity contribution in [2.45, 2.75) is 0 Å². The predicted molar refractivity (Wildman–Crippen MR) is 90.9 cm³/mol. The Balaban J connectivity index is 1.83. The molecule has 124 valence electrons. The molecular weight excluding hydrogens is 348 g/mol. The van der Waals surface area contributed by atoms with E-state index in [1.54, 1.807) is 30.7 Å². The fourth-order valence-corrected chi connectivity index (χ4v) is 2.84. The highest BCUT2D eigenvalue weighted by molar-refractivity contribution is 6.30. The first-order valence-electron chi connectivity index (χ1n) is 7.30. The lowest BCUT2D eigenvalue weighted by Gasteiger charge is -2.07. The topological polar surface area (TPSA) is 50.9 Å². The van der Waals surface area contributed by atoms with Gasteiger partial charge in [0.2, 0.25) is 0 Å². The number of rotatable bonds is 2. The van der Waals surface area contributed by atoms with E-state index in [2.05, 4.69) is 10.1 Å². The lowest BCUT2D eigenvalue weighted by molar-refractivity contribution is 0.406. The van der Waals surface area contributed by atoms with E-state index in [9.17, 15) is 13.9 Å². The van der Waals surface area contributed by atoms with Crippen LogP contribution < -0.4 is 0 Å². The Hall–Kier alpha value is -2.99. The second-order valence-electron chi connectivity index (χ2n) is 5.48. The number of fused-ring (bicyclic) bond motifs is 1. The Morgan fingerprint density at radius 1 is 0.960 bits per heavy atom. The van der Waals surface area contributed by atoms with E-state index in [-0.39, 0.29) is 5.69 Å². The molecule has 4 aromatic rings. The first kappa shape index (κ1) is 15.5. The number of benzene rings is 2. The maximum absolute atomic E-state index is 13.6. The third-order valence-corrected chi connectivity index (χ3v) is 4.05. The van der Waals surface area contributed by atoms with E-state index in [1.165, 1.54) is 4.68 Å². The van der Waals surface area contributed by atoms with Crippen LogP contribution in [0, 0.1) is 11.6 Å². The molecule has 0 atom stereocenters. The zero-order chi connectivity index (χ0) is 17.6. The van der Waals surface area contributed by atoms with E-state index in [0.29, 0.717) is 10.5 Å². The van der Waals surface area contributed by atoms with Crippen molar-refractivity contribution in [1.82, 2.24) is 14.8 Å². The summed E-state index contributed by atoms with van der Waals surface area (Å²) in [4.78, 5) is 4.06. The number of nitrogens with zero attached hydrogens (tertiary/aromatic N) is 3. The Morgan fingerprint density at radius 3 is 2.56 bits per heavy atom. The van der Waals surface area contributed by atoms with Gasteiger partial charge in [-0.25, -0.2) is 9.07 Å². The highest BCUT2D eigenvalue weighted by Crippen LogP contribution is 2.29. The highest BCUT2D eigenvalue weighted by atomic mass is 35.5. The van der Waals surface area contributed by atoms with E-state index >= 15 is 0 Å². The van der Waals surface area contributed by atoms with Gasteiger partial charge in [0, 0.05) is 35.5 Å². The number of halogens is 3. The van der Waals surface area contributed by atoms with Crippen LogP contribution in [0.3, 0.4) is 0 Å². The summed E-state index contributed by atoms with van der Waals surface area (Å²) in [5.74, 6) is -3.18. The first-order valence-corrected chi connectivity index (χ1v) is 7.68. The van der Waals surface area contributed by atoms with Crippen molar-refractivity contribution in [3.63, 3.8) is 0 Å². The zero-order valence-electron chi connectivity index (χ0n) is 12.6. The van der Waals surface area contributed by atoms with Crippen LogP contribution in [0.2, 0.25) is 5.02 Å². The summed E-state index contributed by atoms with van der Waals surface area (Å²) in [5.41, 5.74) is 2.66. The summed E-state index contributed by atoms with van der Waals surface area (Å²) in [7, 11) is 0. The van der Waals surface area contributed by atoms with Crippen LogP contribution >= 0.6 is 11.6 Å². The number of pyridine rings is 1. The van der Waals surface area contributed by atoms with Gasteiger partial charge in [-0.05, 0) is 23.8 Å². The Kier molecular flexibility index (Phi) is 3.62. The average Bonchev–Trinajstić information content (AvgIpc) is 3.02. The molecular formula is C18H10ClF2N3O. The van der Waals surface area contributed by atoms with E-state index in [4.69, 9.17) is 11.6 Å². The standard InChI is InChI=1S/C18H10ClF2N3O/c19-13-4-11(7-22-9-13)10-1-2-16-12(3-10)8-23-24(16)14-5-15(20)18(21)17(25)6-14/h1-9,25H. The van der Waals surface area contributed by atoms with Crippen molar-refractivity contribution in [3.8, 4) is 22.6 Å². The fourth-order valence-electron chi connectivity index (χ4n) is 2.67. The Labute approximate surface area is 145 Å². The average molecular weight is 358 g/mol. The second kappa shape index (κ2) is 5.82. The minimum absolute atomic E-state index is 0.226. The van der Waals surface area contributed by atoms with Crippen LogP contribution in [0.4, 0.5) is 8.78 Å². The summed E-state index contributed by atoms with van der Waals surface area (Å²) in [6.45, 7) is 0. The molecule has 4 rings (SSSR count). The van der Waals surface area contributed by atoms with E-state index in [0.717, 1.165) is 28.6 Å². The lowest BCUT2D eigenvalue weighted by Crippen LogP contribution is -1.98. The molecule has 25 heavy (non-hydrogen) atoms. The van der Waals surface area contributed by atoms with Crippen molar-refractivity contribution in [3.05, 3.63) is 71.6 Å². The monoisotopic (exact) mass is 357 g/mol. The maximum Gasteiger partial charge on any atom is 0.200 e. The Morgan fingerprint density at radius 2 is 1.80 bits per heavy atom. The summed E-state index contributed by atoms with van der Waals surface area (Å²) in [6.07, 6.45) is 4.86. The van der Waals surface area contributed by atoms with Gasteiger partial charge in [-0.2, -0.15) is 9.49 Å². The lowest BCUT2D eigenvalue weighted by atomic mass is 10.1. The van der Waals surface area contributed by atoms with Crippen LogP contribution in [0.25, 0.3) is 27.7 Å². The number of aromatic hydroxyl groups is 1. The number of hydrogen-bond donors (Lipinski definition) is 1. The molecule has 2 aromatic heterocycles. The molecule has 7 heteroatoms. The normalized spacial score (nSPS) is 11.2. The SMILES string of the molecule is Oc1cc(-n2ncc3cc(-c4cncc(Cl)c4)ccc32)cc(F)c1F. The molecule has 0 amide bonds. The van der Waals surface area contributed by atoms with Crippen molar-refractivity contribution in [2.24, 2.45) is 0 Å². The van der Waals surface area contributed by atoms with Gasteiger partial charge in [0.1, 0.15) is 0 Å². The van der Waals surface area contributed by atoms with Gasteiger partial charge >= 0.3 is 0 Å². The first-order chi connectivity index (χ1) is 12.0. The third-order valence-electron chi connectivity index (χ3n) is 3.84. The van der Waals surface area contributed by atoms with E-state index in [1.807, 2.05) is 12.1 Å². The summed E-state index contributed by atoms with van der Waals surface area (Å²) in [5, 5.41) is 15.0. The summed E-state index contributed by atoms with van der Waals surface area (Å²) in [6, 6.07) is 9.46. The smallest absolute Gasteiger partial charge is 0.200 e. The Bertz CT molecular complexity index is 1090. The molecule has 0 aliphatic carbocycles. The molecule has 1 N–H and O–H groups in total. The second-order valence-corrected chi connectivity index (χ2v) is 5.92. The van der Waals surface area contributed by atoms with Gasteiger partial charge in [-0.3, -0.25) is 4.98 Å². The minimum atomic E-state index is -1.28. The molecule has 0 aliphatic rings. The van der Waals surface area contributed by atoms with Gasteiger partial charge in [-0.15, -0.1) is 0 Å². The molecule has 0 spiro atoms. The maximum atomic E-state index is 13.6. The highest BCUT2D eigenvalue weighted by Gasteiger charge is 2.13. The van der Waals surface area contributed by atoms with Gasteiger partial charge in [0.15, 0.2) is 17.4 Å². The van der Waals surface area contributed by atoms with Crippen molar-refractivity contribution < 1.29 is 13.9 Å². The van der Waals surface area contributed by atoms with Crippen LogP contribution in [-0.4, -0.2) is 19.9 Å². The van der Waals surface area contributed by atoms with Crippen molar-refractivity contribution >= 4 is 22.5 Å². The molecule has 4 nitrogen and oxygen atoms in total.